The summed E-state index contributed by atoms with van der Waals surface area (Å²) in [4.78, 5) is 11.9. The molecule has 2 aromatic rings. The van der Waals surface area contributed by atoms with E-state index in [1.165, 1.54) is 5.56 Å². The first kappa shape index (κ1) is 19.8. The molecule has 0 saturated carbocycles. The van der Waals surface area contributed by atoms with Crippen molar-refractivity contribution in [2.75, 3.05) is 20.2 Å². The highest BCUT2D eigenvalue weighted by molar-refractivity contribution is 5.73. The summed E-state index contributed by atoms with van der Waals surface area (Å²) < 4.78 is 5.12. The number of hydrogen-bond acceptors (Lipinski definition) is 3. The van der Waals surface area contributed by atoms with Crippen molar-refractivity contribution in [1.29, 1.82) is 0 Å². The number of nitrogens with one attached hydrogen (secondary N) is 2. The van der Waals surface area contributed by atoms with Gasteiger partial charge in [-0.25, -0.2) is 4.79 Å². The van der Waals surface area contributed by atoms with Crippen molar-refractivity contribution in [2.24, 2.45) is 0 Å². The van der Waals surface area contributed by atoms with Crippen LogP contribution in [0.5, 0.6) is 5.75 Å². The maximum Gasteiger partial charge on any atom is 0.314 e. The van der Waals surface area contributed by atoms with E-state index in [0.717, 1.165) is 24.2 Å². The zero-order valence-electron chi connectivity index (χ0n) is 15.5. The Bertz CT molecular complexity index is 669. The zero-order chi connectivity index (χ0) is 18.8. The van der Waals surface area contributed by atoms with E-state index in [0.29, 0.717) is 13.0 Å². The number of aryl methyl sites for hydroxylation is 1. The minimum absolute atomic E-state index is 0.216. The molecule has 0 aliphatic heterocycles. The van der Waals surface area contributed by atoms with Crippen LogP contribution in [0.1, 0.15) is 24.5 Å². The predicted molar refractivity (Wildman–Crippen MR) is 103 cm³/mol. The number of hydrogen-bond donors (Lipinski definition) is 3. The SMILES string of the molecule is COc1ccc(CCNC(=O)NCC(C)(O)CCc2ccccc2)cc1. The van der Waals surface area contributed by atoms with Gasteiger partial charge in [0.05, 0.1) is 12.7 Å². The minimum Gasteiger partial charge on any atom is -0.497 e. The van der Waals surface area contributed by atoms with Crippen molar-refractivity contribution in [3.05, 3.63) is 65.7 Å². The molecular formula is C21H28N2O3. The van der Waals surface area contributed by atoms with Gasteiger partial charge >= 0.3 is 6.03 Å². The van der Waals surface area contributed by atoms with Crippen LogP contribution < -0.4 is 15.4 Å². The fraction of sp³-hybridized carbons (Fsp3) is 0.381. The van der Waals surface area contributed by atoms with E-state index in [-0.39, 0.29) is 12.6 Å². The van der Waals surface area contributed by atoms with Crippen LogP contribution in [0.15, 0.2) is 54.6 Å². The number of ether oxygens (including phenoxy) is 1. The molecular weight excluding hydrogens is 328 g/mol. The van der Waals surface area contributed by atoms with Crippen LogP contribution in [0.3, 0.4) is 0 Å². The number of carbonyl (C=O) groups excluding carboxylic acids is 1. The molecule has 2 amide bonds. The Kier molecular flexibility index (Phi) is 7.48. The van der Waals surface area contributed by atoms with Gasteiger partial charge in [-0.3, -0.25) is 0 Å². The summed E-state index contributed by atoms with van der Waals surface area (Å²) in [6, 6.07) is 17.5. The van der Waals surface area contributed by atoms with Crippen molar-refractivity contribution < 1.29 is 14.6 Å². The maximum atomic E-state index is 11.9. The third-order valence-corrected chi connectivity index (χ3v) is 4.28. The molecule has 0 aliphatic rings. The molecule has 0 fully saturated rings. The van der Waals surface area contributed by atoms with Gasteiger partial charge in [0.15, 0.2) is 0 Å². The topological polar surface area (TPSA) is 70.6 Å². The predicted octanol–water partition coefficient (Wildman–Crippen LogP) is 2.92. The summed E-state index contributed by atoms with van der Waals surface area (Å²) >= 11 is 0. The first-order valence-electron chi connectivity index (χ1n) is 8.89. The number of rotatable bonds is 9. The molecule has 140 valence electrons. The van der Waals surface area contributed by atoms with Gasteiger partial charge in [-0.2, -0.15) is 0 Å². The Morgan fingerprint density at radius 3 is 2.31 bits per heavy atom. The van der Waals surface area contributed by atoms with Gasteiger partial charge in [0.25, 0.3) is 0 Å². The fourth-order valence-corrected chi connectivity index (χ4v) is 2.59. The summed E-state index contributed by atoms with van der Waals surface area (Å²) in [6.45, 7) is 2.49. The second-order valence-corrected chi connectivity index (χ2v) is 6.69. The Morgan fingerprint density at radius 1 is 1.00 bits per heavy atom. The van der Waals surface area contributed by atoms with E-state index in [9.17, 15) is 9.90 Å². The van der Waals surface area contributed by atoms with Gasteiger partial charge in [-0.1, -0.05) is 42.5 Å². The van der Waals surface area contributed by atoms with Crippen LogP contribution in [0.25, 0.3) is 0 Å². The Hall–Kier alpha value is -2.53. The number of methoxy groups -OCH3 is 1. The summed E-state index contributed by atoms with van der Waals surface area (Å²) in [5, 5.41) is 16.0. The molecule has 3 N–H and O–H groups in total. The van der Waals surface area contributed by atoms with Gasteiger partial charge in [0.1, 0.15) is 5.75 Å². The Labute approximate surface area is 155 Å². The Balaban J connectivity index is 1.65. The minimum atomic E-state index is -0.941. The molecule has 0 heterocycles. The van der Waals surface area contributed by atoms with E-state index >= 15 is 0 Å². The molecule has 26 heavy (non-hydrogen) atoms. The largest absolute Gasteiger partial charge is 0.497 e. The van der Waals surface area contributed by atoms with Gasteiger partial charge < -0.3 is 20.5 Å². The van der Waals surface area contributed by atoms with Crippen LogP contribution in [0.2, 0.25) is 0 Å². The molecule has 2 aromatic carbocycles. The molecule has 0 spiro atoms. The van der Waals surface area contributed by atoms with E-state index in [2.05, 4.69) is 10.6 Å². The van der Waals surface area contributed by atoms with Crippen LogP contribution in [-0.4, -0.2) is 36.9 Å². The van der Waals surface area contributed by atoms with E-state index in [4.69, 9.17) is 4.74 Å². The van der Waals surface area contributed by atoms with Crippen molar-refractivity contribution in [2.45, 2.75) is 31.8 Å². The third kappa shape index (κ3) is 7.15. The standard InChI is InChI=1S/C21H28N2O3/c1-21(25,14-12-17-6-4-3-5-7-17)16-23-20(24)22-15-13-18-8-10-19(26-2)11-9-18/h3-11,25H,12-16H2,1-2H3,(H2,22,23,24). The van der Waals surface area contributed by atoms with Crippen LogP contribution in [-0.2, 0) is 12.8 Å². The van der Waals surface area contributed by atoms with E-state index in [1.807, 2.05) is 54.6 Å². The number of amides is 2. The highest BCUT2D eigenvalue weighted by atomic mass is 16.5. The summed E-state index contributed by atoms with van der Waals surface area (Å²) in [5.74, 6) is 0.817. The highest BCUT2D eigenvalue weighted by Crippen LogP contribution is 2.13. The van der Waals surface area contributed by atoms with Crippen molar-refractivity contribution in [3.63, 3.8) is 0 Å². The highest BCUT2D eigenvalue weighted by Gasteiger charge is 2.20. The second-order valence-electron chi connectivity index (χ2n) is 6.69. The van der Waals surface area contributed by atoms with Gasteiger partial charge in [-0.05, 0) is 49.4 Å². The van der Waals surface area contributed by atoms with Crippen LogP contribution in [0.4, 0.5) is 4.79 Å². The molecule has 5 heteroatoms. The van der Waals surface area contributed by atoms with Gasteiger partial charge in [0.2, 0.25) is 0 Å². The quantitative estimate of drug-likeness (QED) is 0.647. The maximum absolute atomic E-state index is 11.9. The second kappa shape index (κ2) is 9.82. The van der Waals surface area contributed by atoms with E-state index < -0.39 is 5.60 Å². The summed E-state index contributed by atoms with van der Waals surface area (Å²) in [5.41, 5.74) is 1.36. The van der Waals surface area contributed by atoms with E-state index in [1.54, 1.807) is 14.0 Å². The van der Waals surface area contributed by atoms with Gasteiger partial charge in [0, 0.05) is 13.1 Å². The summed E-state index contributed by atoms with van der Waals surface area (Å²) in [6.07, 6.45) is 2.10. The number of benzene rings is 2. The lowest BCUT2D eigenvalue weighted by molar-refractivity contribution is 0.0534. The summed E-state index contributed by atoms with van der Waals surface area (Å²) in [7, 11) is 1.63. The third-order valence-electron chi connectivity index (χ3n) is 4.28. The number of aliphatic hydroxyl groups is 1. The lowest BCUT2D eigenvalue weighted by Crippen LogP contribution is -2.45. The van der Waals surface area contributed by atoms with Crippen molar-refractivity contribution in [3.8, 4) is 5.75 Å². The Morgan fingerprint density at radius 2 is 1.65 bits per heavy atom. The van der Waals surface area contributed by atoms with Crippen molar-refractivity contribution in [1.82, 2.24) is 10.6 Å². The lowest BCUT2D eigenvalue weighted by atomic mass is 9.97. The smallest absolute Gasteiger partial charge is 0.314 e. The van der Waals surface area contributed by atoms with Crippen molar-refractivity contribution >= 4 is 6.03 Å². The van der Waals surface area contributed by atoms with Gasteiger partial charge in [-0.15, -0.1) is 0 Å². The normalized spacial score (nSPS) is 12.9. The molecule has 0 bridgehead atoms. The molecule has 0 radical (unpaired) electrons. The molecule has 1 atom stereocenters. The molecule has 0 aliphatic carbocycles. The molecule has 1 unspecified atom stereocenters. The molecule has 0 saturated heterocycles. The zero-order valence-corrected chi connectivity index (χ0v) is 15.5. The lowest BCUT2D eigenvalue weighted by Gasteiger charge is -2.23. The average molecular weight is 356 g/mol. The fourth-order valence-electron chi connectivity index (χ4n) is 2.59. The molecule has 2 rings (SSSR count). The monoisotopic (exact) mass is 356 g/mol. The van der Waals surface area contributed by atoms with Crippen LogP contribution >= 0.6 is 0 Å². The molecule has 0 aromatic heterocycles. The average Bonchev–Trinajstić information content (AvgIpc) is 2.66. The first-order valence-corrected chi connectivity index (χ1v) is 8.89. The van der Waals surface area contributed by atoms with Crippen LogP contribution in [0, 0.1) is 0 Å². The first-order chi connectivity index (χ1) is 12.5. The number of carbonyl (C=O) groups is 1. The number of urea groups is 1. The molecule has 5 nitrogen and oxygen atoms in total.